The molecule has 126 valence electrons. The van der Waals surface area contributed by atoms with Gasteiger partial charge in [-0.2, -0.15) is 0 Å². The highest BCUT2D eigenvalue weighted by Gasteiger charge is 2.30. The van der Waals surface area contributed by atoms with Gasteiger partial charge in [0.25, 0.3) is 0 Å². The summed E-state index contributed by atoms with van der Waals surface area (Å²) >= 11 is 0. The van der Waals surface area contributed by atoms with Gasteiger partial charge in [-0.15, -0.1) is 0 Å². The van der Waals surface area contributed by atoms with E-state index in [1.807, 2.05) is 24.3 Å². The van der Waals surface area contributed by atoms with Gasteiger partial charge >= 0.3 is 0 Å². The molecule has 2 aromatic rings. The van der Waals surface area contributed by atoms with E-state index in [-0.39, 0.29) is 11.7 Å². The van der Waals surface area contributed by atoms with Crippen LogP contribution in [0.5, 0.6) is 0 Å². The standard InChI is InChI=1S/C20H23FN2O/c1-2-16-5-3-4-6-19(16)22-20(24)14-23(18-11-12-18)13-15-7-9-17(21)10-8-15/h3-10,18H,2,11-14H2,1H3,(H,22,24). The highest BCUT2D eigenvalue weighted by atomic mass is 19.1. The topological polar surface area (TPSA) is 32.3 Å². The summed E-state index contributed by atoms with van der Waals surface area (Å²) in [7, 11) is 0. The van der Waals surface area contributed by atoms with Crippen LogP contribution in [0.25, 0.3) is 0 Å². The van der Waals surface area contributed by atoms with Crippen LogP contribution in [0.4, 0.5) is 10.1 Å². The summed E-state index contributed by atoms with van der Waals surface area (Å²) in [4.78, 5) is 14.6. The number of carbonyl (C=O) groups is 1. The average Bonchev–Trinajstić information content (AvgIpc) is 3.42. The van der Waals surface area contributed by atoms with E-state index in [0.717, 1.165) is 36.1 Å². The number of nitrogens with one attached hydrogen (secondary N) is 1. The highest BCUT2D eigenvalue weighted by molar-refractivity contribution is 5.93. The molecule has 0 unspecified atom stereocenters. The number of nitrogens with zero attached hydrogens (tertiary/aromatic N) is 1. The van der Waals surface area contributed by atoms with E-state index >= 15 is 0 Å². The molecule has 3 rings (SSSR count). The Balaban J connectivity index is 1.63. The van der Waals surface area contributed by atoms with Gasteiger partial charge in [-0.25, -0.2) is 4.39 Å². The minimum Gasteiger partial charge on any atom is -0.325 e. The third-order valence-electron chi connectivity index (χ3n) is 4.38. The summed E-state index contributed by atoms with van der Waals surface area (Å²) in [6.45, 7) is 3.11. The number of amides is 1. The van der Waals surface area contributed by atoms with Crippen LogP contribution in [0.15, 0.2) is 48.5 Å². The molecule has 4 heteroatoms. The Morgan fingerprint density at radius 2 is 1.88 bits per heavy atom. The molecule has 0 aromatic heterocycles. The van der Waals surface area contributed by atoms with Crippen LogP contribution < -0.4 is 5.32 Å². The van der Waals surface area contributed by atoms with Gasteiger partial charge in [0.2, 0.25) is 5.91 Å². The molecule has 1 saturated carbocycles. The molecule has 2 aromatic carbocycles. The summed E-state index contributed by atoms with van der Waals surface area (Å²) in [5.41, 5.74) is 3.06. The van der Waals surface area contributed by atoms with E-state index in [2.05, 4.69) is 17.1 Å². The second kappa shape index (κ2) is 7.58. The molecule has 0 heterocycles. The van der Waals surface area contributed by atoms with E-state index in [0.29, 0.717) is 19.1 Å². The summed E-state index contributed by atoms with van der Waals surface area (Å²) in [5.74, 6) is -0.226. The number of carbonyl (C=O) groups excluding carboxylic acids is 1. The monoisotopic (exact) mass is 326 g/mol. The first-order valence-electron chi connectivity index (χ1n) is 8.52. The fraction of sp³-hybridized carbons (Fsp3) is 0.350. The Morgan fingerprint density at radius 1 is 1.17 bits per heavy atom. The number of para-hydroxylation sites is 1. The van der Waals surface area contributed by atoms with Crippen LogP contribution in [0.2, 0.25) is 0 Å². The summed E-state index contributed by atoms with van der Waals surface area (Å²) in [5, 5.41) is 3.03. The van der Waals surface area contributed by atoms with Gasteiger partial charge in [0.15, 0.2) is 0 Å². The Bertz CT molecular complexity index is 695. The lowest BCUT2D eigenvalue weighted by Gasteiger charge is -2.22. The smallest absolute Gasteiger partial charge is 0.238 e. The maximum Gasteiger partial charge on any atom is 0.238 e. The van der Waals surface area contributed by atoms with Crippen molar-refractivity contribution < 1.29 is 9.18 Å². The molecule has 0 aliphatic heterocycles. The van der Waals surface area contributed by atoms with Gasteiger partial charge in [-0.1, -0.05) is 37.3 Å². The van der Waals surface area contributed by atoms with E-state index < -0.39 is 0 Å². The van der Waals surface area contributed by atoms with Crippen molar-refractivity contribution in [3.63, 3.8) is 0 Å². The predicted molar refractivity (Wildman–Crippen MR) is 94.3 cm³/mol. The van der Waals surface area contributed by atoms with Crippen molar-refractivity contribution >= 4 is 11.6 Å². The van der Waals surface area contributed by atoms with Crippen molar-refractivity contribution in [2.75, 3.05) is 11.9 Å². The van der Waals surface area contributed by atoms with E-state index in [9.17, 15) is 9.18 Å². The van der Waals surface area contributed by atoms with Crippen molar-refractivity contribution in [1.29, 1.82) is 0 Å². The van der Waals surface area contributed by atoms with Crippen molar-refractivity contribution in [2.24, 2.45) is 0 Å². The third-order valence-corrected chi connectivity index (χ3v) is 4.38. The van der Waals surface area contributed by atoms with Gasteiger partial charge in [-0.3, -0.25) is 9.69 Å². The summed E-state index contributed by atoms with van der Waals surface area (Å²) in [6.07, 6.45) is 3.14. The fourth-order valence-corrected chi connectivity index (χ4v) is 2.90. The number of hydrogen-bond acceptors (Lipinski definition) is 2. The number of rotatable bonds is 7. The summed E-state index contributed by atoms with van der Waals surface area (Å²) in [6, 6.07) is 14.9. The Labute approximate surface area is 142 Å². The van der Waals surface area contributed by atoms with Gasteiger partial charge in [0, 0.05) is 18.3 Å². The molecule has 0 radical (unpaired) electrons. The minimum absolute atomic E-state index is 0.00455. The number of aryl methyl sites for hydroxylation is 1. The third kappa shape index (κ3) is 4.42. The van der Waals surface area contributed by atoms with E-state index in [4.69, 9.17) is 0 Å². The van der Waals surface area contributed by atoms with Gasteiger partial charge in [0.1, 0.15) is 5.82 Å². The molecule has 1 aliphatic carbocycles. The van der Waals surface area contributed by atoms with Gasteiger partial charge < -0.3 is 5.32 Å². The second-order valence-electron chi connectivity index (χ2n) is 6.32. The SMILES string of the molecule is CCc1ccccc1NC(=O)CN(Cc1ccc(F)cc1)C1CC1. The van der Waals surface area contributed by atoms with Crippen LogP contribution in [0.1, 0.15) is 30.9 Å². The molecular weight excluding hydrogens is 303 g/mol. The molecule has 1 amide bonds. The van der Waals surface area contributed by atoms with Crippen molar-refractivity contribution in [3.8, 4) is 0 Å². The molecular formula is C20H23FN2O. The second-order valence-corrected chi connectivity index (χ2v) is 6.32. The zero-order valence-corrected chi connectivity index (χ0v) is 14.0. The van der Waals surface area contributed by atoms with Crippen LogP contribution in [0.3, 0.4) is 0 Å². The maximum atomic E-state index is 13.0. The van der Waals surface area contributed by atoms with Crippen LogP contribution >= 0.6 is 0 Å². The molecule has 1 aliphatic rings. The van der Waals surface area contributed by atoms with Gasteiger partial charge in [0.05, 0.1) is 6.54 Å². The van der Waals surface area contributed by atoms with Crippen molar-refractivity contribution in [3.05, 3.63) is 65.5 Å². The highest BCUT2D eigenvalue weighted by Crippen LogP contribution is 2.28. The number of anilines is 1. The first-order chi connectivity index (χ1) is 11.7. The molecule has 0 atom stereocenters. The average molecular weight is 326 g/mol. The van der Waals surface area contributed by atoms with Gasteiger partial charge in [-0.05, 0) is 48.6 Å². The van der Waals surface area contributed by atoms with E-state index in [1.165, 1.54) is 12.1 Å². The lowest BCUT2D eigenvalue weighted by molar-refractivity contribution is -0.117. The maximum absolute atomic E-state index is 13.0. The first kappa shape index (κ1) is 16.7. The Kier molecular flexibility index (Phi) is 5.26. The molecule has 0 bridgehead atoms. The molecule has 0 spiro atoms. The molecule has 1 fully saturated rings. The zero-order valence-electron chi connectivity index (χ0n) is 14.0. The quantitative estimate of drug-likeness (QED) is 0.834. The Morgan fingerprint density at radius 3 is 2.54 bits per heavy atom. The number of halogens is 1. The first-order valence-corrected chi connectivity index (χ1v) is 8.52. The zero-order chi connectivity index (χ0) is 16.9. The largest absolute Gasteiger partial charge is 0.325 e. The number of hydrogen-bond donors (Lipinski definition) is 1. The molecule has 0 saturated heterocycles. The number of benzene rings is 2. The van der Waals surface area contributed by atoms with Crippen molar-refractivity contribution in [2.45, 2.75) is 38.8 Å². The lowest BCUT2D eigenvalue weighted by Crippen LogP contribution is -2.34. The van der Waals surface area contributed by atoms with Crippen LogP contribution in [0, 0.1) is 5.82 Å². The minimum atomic E-state index is -0.231. The Hall–Kier alpha value is -2.20. The fourth-order valence-electron chi connectivity index (χ4n) is 2.90. The molecule has 24 heavy (non-hydrogen) atoms. The molecule has 3 nitrogen and oxygen atoms in total. The van der Waals surface area contributed by atoms with Crippen molar-refractivity contribution in [1.82, 2.24) is 4.90 Å². The van der Waals surface area contributed by atoms with Crippen LogP contribution in [-0.4, -0.2) is 23.4 Å². The summed E-state index contributed by atoms with van der Waals surface area (Å²) < 4.78 is 13.0. The normalized spacial score (nSPS) is 14.0. The van der Waals surface area contributed by atoms with E-state index in [1.54, 1.807) is 12.1 Å². The lowest BCUT2D eigenvalue weighted by atomic mass is 10.1. The molecule has 1 N–H and O–H groups in total. The van der Waals surface area contributed by atoms with Crippen LogP contribution in [-0.2, 0) is 17.8 Å². The predicted octanol–water partition coefficient (Wildman–Crippen LogP) is 3.99.